The molecule has 2 rings (SSSR count). The van der Waals surface area contributed by atoms with Crippen molar-refractivity contribution in [2.75, 3.05) is 13.1 Å². The topological polar surface area (TPSA) is 45.5 Å². The van der Waals surface area contributed by atoms with Crippen LogP contribution >= 0.6 is 0 Å². The average Bonchev–Trinajstić information content (AvgIpc) is 2.99. The van der Waals surface area contributed by atoms with Crippen LogP contribution in [0.3, 0.4) is 0 Å². The first-order valence-corrected chi connectivity index (χ1v) is 6.33. The van der Waals surface area contributed by atoms with Gasteiger partial charge in [0.15, 0.2) is 0 Å². The third-order valence-electron chi connectivity index (χ3n) is 3.17. The molecule has 1 N–H and O–H groups in total. The predicted molar refractivity (Wildman–Crippen MR) is 65.8 cm³/mol. The first-order valence-electron chi connectivity index (χ1n) is 6.33. The fourth-order valence-corrected chi connectivity index (χ4v) is 2.11. The van der Waals surface area contributed by atoms with E-state index in [4.69, 9.17) is 4.42 Å². The van der Waals surface area contributed by atoms with Gasteiger partial charge in [0.25, 0.3) is 0 Å². The molecule has 2 amide bonds. The second kappa shape index (κ2) is 5.75. The first kappa shape index (κ1) is 12.0. The van der Waals surface area contributed by atoms with Crippen LogP contribution in [0, 0.1) is 0 Å². The lowest BCUT2D eigenvalue weighted by Crippen LogP contribution is -2.42. The number of nitrogens with zero attached hydrogens (tertiary/aromatic N) is 1. The van der Waals surface area contributed by atoms with E-state index >= 15 is 0 Å². The number of rotatable bonds is 4. The number of hydrogen-bond acceptors (Lipinski definition) is 2. The molecule has 0 aromatic carbocycles. The van der Waals surface area contributed by atoms with Gasteiger partial charge in [-0.1, -0.05) is 0 Å². The lowest BCUT2D eigenvalue weighted by Gasteiger charge is -2.20. The molecule has 4 heteroatoms. The molecule has 1 fully saturated rings. The molecule has 1 aliphatic rings. The third-order valence-corrected chi connectivity index (χ3v) is 3.17. The Bertz CT molecular complexity index is 342. The quantitative estimate of drug-likeness (QED) is 0.872. The number of furan rings is 1. The van der Waals surface area contributed by atoms with E-state index in [1.807, 2.05) is 24.0 Å². The minimum atomic E-state index is 0.0782. The van der Waals surface area contributed by atoms with Gasteiger partial charge in [0.05, 0.1) is 6.26 Å². The van der Waals surface area contributed by atoms with Crippen molar-refractivity contribution in [3.8, 4) is 0 Å². The molecule has 1 aromatic heterocycles. The van der Waals surface area contributed by atoms with E-state index in [0.29, 0.717) is 0 Å². The van der Waals surface area contributed by atoms with Gasteiger partial charge in [-0.2, -0.15) is 0 Å². The number of nitrogens with one attached hydrogen (secondary N) is 1. The number of amides is 2. The van der Waals surface area contributed by atoms with Crippen molar-refractivity contribution in [1.29, 1.82) is 0 Å². The van der Waals surface area contributed by atoms with Crippen LogP contribution in [0.2, 0.25) is 0 Å². The van der Waals surface area contributed by atoms with E-state index < -0.39 is 0 Å². The van der Waals surface area contributed by atoms with Crippen molar-refractivity contribution in [1.82, 2.24) is 10.2 Å². The van der Waals surface area contributed by atoms with E-state index in [1.165, 1.54) is 0 Å². The van der Waals surface area contributed by atoms with Crippen LogP contribution in [0.5, 0.6) is 0 Å². The molecule has 1 aromatic rings. The molecule has 4 nitrogen and oxygen atoms in total. The zero-order valence-electron chi connectivity index (χ0n) is 10.3. The zero-order chi connectivity index (χ0) is 12.1. The molecule has 1 unspecified atom stereocenters. The van der Waals surface area contributed by atoms with Crippen LogP contribution in [0.15, 0.2) is 22.8 Å². The van der Waals surface area contributed by atoms with Gasteiger partial charge < -0.3 is 14.6 Å². The summed E-state index contributed by atoms with van der Waals surface area (Å²) in [5.41, 5.74) is 0. The fraction of sp³-hybridized carbons (Fsp3) is 0.615. The van der Waals surface area contributed by atoms with Crippen LogP contribution in [0.4, 0.5) is 4.79 Å². The van der Waals surface area contributed by atoms with Crippen molar-refractivity contribution < 1.29 is 9.21 Å². The number of carbonyl (C=O) groups is 1. The lowest BCUT2D eigenvalue weighted by atomic mass is 10.1. The van der Waals surface area contributed by atoms with Crippen molar-refractivity contribution >= 4 is 6.03 Å². The summed E-state index contributed by atoms with van der Waals surface area (Å²) in [6.45, 7) is 3.84. The molecule has 0 spiro atoms. The number of aryl methyl sites for hydroxylation is 1. The van der Waals surface area contributed by atoms with E-state index in [-0.39, 0.29) is 12.1 Å². The molecule has 0 radical (unpaired) electrons. The number of urea groups is 1. The van der Waals surface area contributed by atoms with E-state index in [1.54, 1.807) is 6.26 Å². The average molecular weight is 236 g/mol. The molecule has 17 heavy (non-hydrogen) atoms. The Morgan fingerprint density at radius 1 is 1.53 bits per heavy atom. The highest BCUT2D eigenvalue weighted by atomic mass is 16.3. The second-order valence-electron chi connectivity index (χ2n) is 4.66. The van der Waals surface area contributed by atoms with E-state index in [9.17, 15) is 4.79 Å². The van der Waals surface area contributed by atoms with Crippen LogP contribution in [-0.4, -0.2) is 30.1 Å². The fourth-order valence-electron chi connectivity index (χ4n) is 2.11. The molecule has 1 saturated heterocycles. The van der Waals surface area contributed by atoms with Crippen LogP contribution in [0.1, 0.15) is 31.9 Å². The van der Waals surface area contributed by atoms with E-state index in [0.717, 1.165) is 44.5 Å². The van der Waals surface area contributed by atoms with Gasteiger partial charge in [0.2, 0.25) is 0 Å². The molecule has 0 saturated carbocycles. The summed E-state index contributed by atoms with van der Waals surface area (Å²) < 4.78 is 5.27. The molecule has 0 bridgehead atoms. The minimum Gasteiger partial charge on any atom is -0.469 e. The highest BCUT2D eigenvalue weighted by Crippen LogP contribution is 2.09. The smallest absolute Gasteiger partial charge is 0.317 e. The third kappa shape index (κ3) is 3.51. The number of carbonyl (C=O) groups excluding carboxylic acids is 1. The Morgan fingerprint density at radius 3 is 2.94 bits per heavy atom. The van der Waals surface area contributed by atoms with Gasteiger partial charge in [-0.25, -0.2) is 4.79 Å². The molecule has 1 atom stereocenters. The SMILES string of the molecule is CC(CCc1ccco1)NC(=O)N1CCCC1. The number of likely N-dealkylation sites (tertiary alicyclic amines) is 1. The molecule has 2 heterocycles. The number of hydrogen-bond donors (Lipinski definition) is 1. The van der Waals surface area contributed by atoms with Crippen molar-refractivity contribution in [2.24, 2.45) is 0 Å². The Hall–Kier alpha value is -1.45. The van der Waals surface area contributed by atoms with Gasteiger partial charge in [0.1, 0.15) is 5.76 Å². The lowest BCUT2D eigenvalue weighted by molar-refractivity contribution is 0.204. The molecule has 94 valence electrons. The monoisotopic (exact) mass is 236 g/mol. The Labute approximate surface area is 102 Å². The largest absolute Gasteiger partial charge is 0.469 e. The van der Waals surface area contributed by atoms with Gasteiger partial charge in [-0.05, 0) is 38.3 Å². The van der Waals surface area contributed by atoms with Crippen molar-refractivity contribution in [3.05, 3.63) is 24.2 Å². The summed E-state index contributed by atoms with van der Waals surface area (Å²) in [5, 5.41) is 3.03. The predicted octanol–water partition coefficient (Wildman–Crippen LogP) is 2.41. The molecular weight excluding hydrogens is 216 g/mol. The Kier molecular flexibility index (Phi) is 4.07. The molecule has 1 aliphatic heterocycles. The Balaban J connectivity index is 1.69. The molecular formula is C13H20N2O2. The van der Waals surface area contributed by atoms with Crippen molar-refractivity contribution in [3.63, 3.8) is 0 Å². The maximum atomic E-state index is 11.8. The highest BCUT2D eigenvalue weighted by Gasteiger charge is 2.18. The Morgan fingerprint density at radius 2 is 2.29 bits per heavy atom. The van der Waals surface area contributed by atoms with Crippen molar-refractivity contribution in [2.45, 2.75) is 38.6 Å². The highest BCUT2D eigenvalue weighted by molar-refractivity contribution is 5.74. The summed E-state index contributed by atoms with van der Waals surface area (Å²) in [6, 6.07) is 4.13. The summed E-state index contributed by atoms with van der Waals surface area (Å²) >= 11 is 0. The molecule has 0 aliphatic carbocycles. The second-order valence-corrected chi connectivity index (χ2v) is 4.66. The van der Waals surface area contributed by atoms with Gasteiger partial charge in [0, 0.05) is 25.6 Å². The van der Waals surface area contributed by atoms with Gasteiger partial charge in [-0.15, -0.1) is 0 Å². The van der Waals surface area contributed by atoms with Crippen LogP contribution < -0.4 is 5.32 Å². The van der Waals surface area contributed by atoms with E-state index in [2.05, 4.69) is 5.32 Å². The van der Waals surface area contributed by atoms with Crippen LogP contribution in [-0.2, 0) is 6.42 Å². The normalized spacial score (nSPS) is 17.1. The summed E-state index contributed by atoms with van der Waals surface area (Å²) in [6.07, 6.45) is 5.73. The maximum absolute atomic E-state index is 11.8. The van der Waals surface area contributed by atoms with Crippen LogP contribution in [0.25, 0.3) is 0 Å². The summed E-state index contributed by atoms with van der Waals surface area (Å²) in [4.78, 5) is 13.7. The maximum Gasteiger partial charge on any atom is 0.317 e. The summed E-state index contributed by atoms with van der Waals surface area (Å²) in [5.74, 6) is 0.979. The minimum absolute atomic E-state index is 0.0782. The van der Waals surface area contributed by atoms with Gasteiger partial charge >= 0.3 is 6.03 Å². The zero-order valence-corrected chi connectivity index (χ0v) is 10.3. The van der Waals surface area contributed by atoms with Gasteiger partial charge in [-0.3, -0.25) is 0 Å². The first-order chi connectivity index (χ1) is 8.25. The standard InChI is InChI=1S/C13H20N2O2/c1-11(6-7-12-5-4-10-17-12)14-13(16)15-8-2-3-9-15/h4-5,10-11H,2-3,6-9H2,1H3,(H,14,16). The summed E-state index contributed by atoms with van der Waals surface area (Å²) in [7, 11) is 0.